The fourth-order valence-electron chi connectivity index (χ4n) is 0.305. The summed E-state index contributed by atoms with van der Waals surface area (Å²) in [7, 11) is 0. The topological polar surface area (TPSA) is 80.7 Å². The maximum Gasteiger partial charge on any atom is 0.425 e. The Morgan fingerprint density at radius 3 is 2.27 bits per heavy atom. The molecule has 0 heterocycles. The quantitative estimate of drug-likeness (QED) is 0.245. The summed E-state index contributed by atoms with van der Waals surface area (Å²) in [4.78, 5) is 30.3. The fraction of sp³-hybridized carbons (Fsp3) is 0.167. The predicted octanol–water partition coefficient (Wildman–Crippen LogP) is -0.283. The third-order valence-electron chi connectivity index (χ3n) is 0.671. The number of esters is 2. The summed E-state index contributed by atoms with van der Waals surface area (Å²) >= 11 is 0. The van der Waals surface area contributed by atoms with Gasteiger partial charge in [-0.1, -0.05) is 6.08 Å². The Bertz CT molecular complexity index is 215. The molecule has 0 aliphatic rings. The van der Waals surface area contributed by atoms with Gasteiger partial charge in [-0.2, -0.15) is 0 Å². The molecule has 0 bridgehead atoms. The lowest BCUT2D eigenvalue weighted by Gasteiger charge is -1.91. The summed E-state index contributed by atoms with van der Waals surface area (Å²) in [5, 5.41) is 7.95. The summed E-state index contributed by atoms with van der Waals surface area (Å²) in [6.07, 6.45) is 2.28. The smallest absolute Gasteiger partial charge is 0.425 e. The zero-order chi connectivity index (χ0) is 8.85. The minimum atomic E-state index is -1.79. The second kappa shape index (κ2) is 4.21. The van der Waals surface area contributed by atoms with Crippen LogP contribution in [-0.4, -0.2) is 23.0 Å². The van der Waals surface area contributed by atoms with E-state index in [1.54, 1.807) is 0 Å². The number of carbonyl (C=O) groups excluding carboxylic acids is 2. The fourth-order valence-corrected chi connectivity index (χ4v) is 0.305. The lowest BCUT2D eigenvalue weighted by atomic mass is 10.5. The maximum atomic E-state index is 10.4. The van der Waals surface area contributed by atoms with Crippen LogP contribution < -0.4 is 0 Å². The van der Waals surface area contributed by atoms with Gasteiger partial charge in [-0.25, -0.2) is 14.4 Å². The van der Waals surface area contributed by atoms with Crippen molar-refractivity contribution in [1.29, 1.82) is 0 Å². The first kappa shape index (κ1) is 9.35. The van der Waals surface area contributed by atoms with E-state index in [9.17, 15) is 14.4 Å². The van der Waals surface area contributed by atoms with Gasteiger partial charge in [0.05, 0.1) is 0 Å². The molecule has 0 aromatic rings. The molecule has 0 aliphatic heterocycles. The van der Waals surface area contributed by atoms with Gasteiger partial charge in [0.15, 0.2) is 0 Å². The Balaban J connectivity index is 3.96. The number of hydrogen-bond donors (Lipinski definition) is 1. The summed E-state index contributed by atoms with van der Waals surface area (Å²) in [6, 6.07) is 0. The SMILES string of the molecule is CC=CC(=O)OC(=O)C(=O)O. The molecule has 0 saturated carbocycles. The van der Waals surface area contributed by atoms with Crippen molar-refractivity contribution < 1.29 is 24.2 Å². The van der Waals surface area contributed by atoms with Gasteiger partial charge in [-0.15, -0.1) is 0 Å². The Hall–Kier alpha value is -1.65. The first-order valence-corrected chi connectivity index (χ1v) is 2.69. The van der Waals surface area contributed by atoms with E-state index in [-0.39, 0.29) is 0 Å². The van der Waals surface area contributed by atoms with Gasteiger partial charge in [0.1, 0.15) is 0 Å². The molecule has 0 saturated heterocycles. The average Bonchev–Trinajstić information content (AvgIpc) is 1.87. The van der Waals surface area contributed by atoms with Crippen molar-refractivity contribution in [2.45, 2.75) is 6.92 Å². The average molecular weight is 158 g/mol. The van der Waals surface area contributed by atoms with Gasteiger partial charge in [0.2, 0.25) is 0 Å². The van der Waals surface area contributed by atoms with Gasteiger partial charge in [-0.3, -0.25) is 0 Å². The summed E-state index contributed by atoms with van der Waals surface area (Å²) < 4.78 is 3.79. The minimum absolute atomic E-state index is 0.945. The third-order valence-corrected chi connectivity index (χ3v) is 0.671. The van der Waals surface area contributed by atoms with Crippen molar-refractivity contribution in [3.8, 4) is 0 Å². The molecule has 0 amide bonds. The molecule has 0 aromatic carbocycles. The summed E-state index contributed by atoms with van der Waals surface area (Å²) in [6.45, 7) is 1.53. The molecule has 0 fully saturated rings. The minimum Gasteiger partial charge on any atom is -0.473 e. The molecule has 5 nitrogen and oxygen atoms in total. The number of carboxylic acids is 1. The number of ether oxygens (including phenoxy) is 1. The normalized spacial score (nSPS) is 9.55. The van der Waals surface area contributed by atoms with Crippen LogP contribution in [0.2, 0.25) is 0 Å². The molecule has 11 heavy (non-hydrogen) atoms. The number of rotatable bonds is 1. The van der Waals surface area contributed by atoms with Gasteiger partial charge in [-0.05, 0) is 6.92 Å². The molecular formula is C6H6O5. The van der Waals surface area contributed by atoms with E-state index in [0.29, 0.717) is 0 Å². The number of carboxylic acid groups (broad SMARTS) is 1. The molecule has 60 valence electrons. The first-order valence-electron chi connectivity index (χ1n) is 2.69. The Morgan fingerprint density at radius 2 is 1.91 bits per heavy atom. The van der Waals surface area contributed by atoms with Crippen molar-refractivity contribution in [1.82, 2.24) is 0 Å². The molecule has 0 aromatic heterocycles. The summed E-state index contributed by atoms with van der Waals surface area (Å²) in [5.41, 5.74) is 0. The van der Waals surface area contributed by atoms with Crippen LogP contribution in [0.1, 0.15) is 6.92 Å². The van der Waals surface area contributed by atoms with E-state index in [0.717, 1.165) is 6.08 Å². The number of aliphatic carboxylic acids is 1. The van der Waals surface area contributed by atoms with Crippen LogP contribution in [0.5, 0.6) is 0 Å². The van der Waals surface area contributed by atoms with Crippen molar-refractivity contribution in [2.75, 3.05) is 0 Å². The molecule has 0 atom stereocenters. The van der Waals surface area contributed by atoms with Crippen LogP contribution in [0.15, 0.2) is 12.2 Å². The molecule has 0 radical (unpaired) electrons. The highest BCUT2D eigenvalue weighted by Gasteiger charge is 2.15. The lowest BCUT2D eigenvalue weighted by molar-refractivity contribution is -0.168. The standard InChI is InChI=1S/C6H6O5/c1-2-3-4(7)11-6(10)5(8)9/h2-3H,1H3,(H,8,9). The van der Waals surface area contributed by atoms with Crippen LogP contribution in [-0.2, 0) is 19.1 Å². The highest BCUT2D eigenvalue weighted by molar-refractivity contribution is 6.30. The Labute approximate surface area is 62.3 Å². The second-order valence-electron chi connectivity index (χ2n) is 1.51. The number of carbonyl (C=O) groups is 3. The van der Waals surface area contributed by atoms with E-state index in [1.807, 2.05) is 0 Å². The predicted molar refractivity (Wildman–Crippen MR) is 33.5 cm³/mol. The van der Waals surface area contributed by atoms with Crippen molar-refractivity contribution in [2.24, 2.45) is 0 Å². The molecule has 5 heteroatoms. The van der Waals surface area contributed by atoms with Gasteiger partial charge in [0.25, 0.3) is 0 Å². The Kier molecular flexibility index (Phi) is 3.58. The molecule has 1 N–H and O–H groups in total. The van der Waals surface area contributed by atoms with Gasteiger partial charge in [0, 0.05) is 6.08 Å². The van der Waals surface area contributed by atoms with Crippen LogP contribution in [0, 0.1) is 0 Å². The zero-order valence-electron chi connectivity index (χ0n) is 5.73. The second-order valence-corrected chi connectivity index (χ2v) is 1.51. The monoisotopic (exact) mass is 158 g/mol. The van der Waals surface area contributed by atoms with E-state index in [4.69, 9.17) is 5.11 Å². The van der Waals surface area contributed by atoms with Gasteiger partial charge >= 0.3 is 17.9 Å². The number of allylic oxidation sites excluding steroid dienone is 1. The van der Waals surface area contributed by atoms with Crippen molar-refractivity contribution >= 4 is 17.9 Å². The molecular weight excluding hydrogens is 152 g/mol. The van der Waals surface area contributed by atoms with Crippen molar-refractivity contribution in [3.63, 3.8) is 0 Å². The summed E-state index contributed by atoms with van der Waals surface area (Å²) in [5.74, 6) is -4.35. The Morgan fingerprint density at radius 1 is 1.36 bits per heavy atom. The van der Waals surface area contributed by atoms with E-state index >= 15 is 0 Å². The number of hydrogen-bond acceptors (Lipinski definition) is 4. The first-order chi connectivity index (χ1) is 5.07. The lowest BCUT2D eigenvalue weighted by Crippen LogP contribution is -2.19. The zero-order valence-corrected chi connectivity index (χ0v) is 5.73. The highest BCUT2D eigenvalue weighted by atomic mass is 16.6. The van der Waals surface area contributed by atoms with E-state index in [1.165, 1.54) is 13.0 Å². The van der Waals surface area contributed by atoms with Crippen LogP contribution in [0.3, 0.4) is 0 Å². The molecule has 0 unspecified atom stereocenters. The van der Waals surface area contributed by atoms with Crippen LogP contribution in [0.4, 0.5) is 0 Å². The van der Waals surface area contributed by atoms with Crippen molar-refractivity contribution in [3.05, 3.63) is 12.2 Å². The molecule has 0 spiro atoms. The maximum absolute atomic E-state index is 10.4. The van der Waals surface area contributed by atoms with E-state index in [2.05, 4.69) is 4.74 Å². The molecule has 0 rings (SSSR count). The van der Waals surface area contributed by atoms with Crippen LogP contribution >= 0.6 is 0 Å². The van der Waals surface area contributed by atoms with Crippen LogP contribution in [0.25, 0.3) is 0 Å². The van der Waals surface area contributed by atoms with E-state index < -0.39 is 17.9 Å². The third kappa shape index (κ3) is 3.85. The largest absolute Gasteiger partial charge is 0.473 e. The van der Waals surface area contributed by atoms with Gasteiger partial charge < -0.3 is 9.84 Å². The molecule has 0 aliphatic carbocycles. The highest BCUT2D eigenvalue weighted by Crippen LogP contribution is 1.83.